The Balaban J connectivity index is 2.04. The van der Waals surface area contributed by atoms with Crippen LogP contribution in [0.2, 0.25) is 5.02 Å². The molecular weight excluding hydrogens is 390 g/mol. The lowest BCUT2D eigenvalue weighted by atomic mass is 10.0. The molecule has 0 unspecified atom stereocenters. The molecule has 8 nitrogen and oxygen atoms in total. The quantitative estimate of drug-likeness (QED) is 0.698. The highest BCUT2D eigenvalue weighted by molar-refractivity contribution is 6.31. The Morgan fingerprint density at radius 1 is 1.21 bits per heavy atom. The van der Waals surface area contributed by atoms with Gasteiger partial charge in [-0.3, -0.25) is 9.59 Å². The summed E-state index contributed by atoms with van der Waals surface area (Å²) in [5.41, 5.74) is -0.307. The van der Waals surface area contributed by atoms with E-state index in [1.807, 2.05) is 13.8 Å². The Morgan fingerprint density at radius 3 is 2.57 bits per heavy atom. The molecule has 1 atom stereocenters. The second-order valence-electron chi connectivity index (χ2n) is 6.46. The van der Waals surface area contributed by atoms with E-state index in [-0.39, 0.29) is 22.6 Å². The smallest absolute Gasteiger partial charge is 0.374 e. The molecule has 0 saturated carbocycles. The minimum atomic E-state index is -0.984. The first-order valence-electron chi connectivity index (χ1n) is 8.49. The largest absolute Gasteiger partial charge is 0.467 e. The Morgan fingerprint density at radius 2 is 1.93 bits per heavy atom. The van der Waals surface area contributed by atoms with Crippen molar-refractivity contribution in [1.29, 1.82) is 0 Å². The van der Waals surface area contributed by atoms with Crippen LogP contribution in [0, 0.1) is 5.92 Å². The normalized spacial score (nSPS) is 11.9. The number of hydrogen-bond acceptors (Lipinski definition) is 7. The molecule has 0 bridgehead atoms. The molecule has 2 aromatic rings. The Hall–Kier alpha value is -2.87. The summed E-state index contributed by atoms with van der Waals surface area (Å²) >= 11 is 5.83. The van der Waals surface area contributed by atoms with E-state index >= 15 is 0 Å². The average molecular weight is 410 g/mol. The third-order valence-electron chi connectivity index (χ3n) is 3.75. The highest BCUT2D eigenvalue weighted by Gasteiger charge is 2.23. The van der Waals surface area contributed by atoms with Crippen molar-refractivity contribution < 1.29 is 28.3 Å². The van der Waals surface area contributed by atoms with E-state index in [0.29, 0.717) is 11.4 Å². The van der Waals surface area contributed by atoms with Crippen LogP contribution in [-0.4, -0.2) is 37.6 Å². The van der Waals surface area contributed by atoms with Gasteiger partial charge in [0.05, 0.1) is 12.5 Å². The van der Waals surface area contributed by atoms with Gasteiger partial charge in [0, 0.05) is 11.1 Å². The molecule has 28 heavy (non-hydrogen) atoms. The first kappa shape index (κ1) is 21.4. The molecule has 0 aliphatic heterocycles. The number of carbonyl (C=O) groups is 3. The Labute approximate surface area is 165 Å². The van der Waals surface area contributed by atoms with Crippen LogP contribution in [0.5, 0.6) is 0 Å². The first-order chi connectivity index (χ1) is 13.2. The Kier molecular flexibility index (Phi) is 7.17. The second-order valence-corrected chi connectivity index (χ2v) is 6.90. The molecule has 1 aromatic carbocycles. The summed E-state index contributed by atoms with van der Waals surface area (Å²) in [5.74, 6) is -2.47. The van der Waals surface area contributed by atoms with Crippen LogP contribution >= 0.6 is 11.6 Å². The highest BCUT2D eigenvalue weighted by atomic mass is 35.5. The third-order valence-corrected chi connectivity index (χ3v) is 3.99. The van der Waals surface area contributed by atoms with Crippen molar-refractivity contribution in [1.82, 2.24) is 5.32 Å². The van der Waals surface area contributed by atoms with Crippen LogP contribution in [0.25, 0.3) is 11.0 Å². The van der Waals surface area contributed by atoms with Crippen molar-refractivity contribution in [2.24, 2.45) is 5.92 Å². The number of ether oxygens (including phenoxy) is 2. The second kappa shape index (κ2) is 9.36. The lowest BCUT2D eigenvalue weighted by Gasteiger charge is -2.18. The number of esters is 2. The maximum Gasteiger partial charge on any atom is 0.374 e. The lowest BCUT2D eigenvalue weighted by Crippen LogP contribution is -2.44. The molecule has 0 saturated heterocycles. The number of nitrogens with one attached hydrogen (secondary N) is 1. The summed E-state index contributed by atoms with van der Waals surface area (Å²) in [6.07, 6.45) is 0.370. The molecule has 0 aliphatic carbocycles. The van der Waals surface area contributed by atoms with Crippen LogP contribution in [0.15, 0.2) is 33.5 Å². The molecule has 150 valence electrons. The fraction of sp³-hybridized carbons (Fsp3) is 0.368. The number of rotatable bonds is 7. The van der Waals surface area contributed by atoms with E-state index in [0.717, 1.165) is 6.07 Å². The number of carbonyl (C=O) groups excluding carboxylic acids is 3. The van der Waals surface area contributed by atoms with Gasteiger partial charge in [-0.2, -0.15) is 0 Å². The number of halogens is 1. The van der Waals surface area contributed by atoms with Crippen LogP contribution < -0.4 is 10.7 Å². The predicted octanol–water partition coefficient (Wildman–Crippen LogP) is 2.31. The van der Waals surface area contributed by atoms with Crippen molar-refractivity contribution in [2.75, 3.05) is 13.7 Å². The molecule has 0 radical (unpaired) electrons. The maximum atomic E-state index is 12.1. The van der Waals surface area contributed by atoms with Gasteiger partial charge >= 0.3 is 11.9 Å². The minimum Gasteiger partial charge on any atom is -0.467 e. The molecule has 1 N–H and O–H groups in total. The van der Waals surface area contributed by atoms with E-state index < -0.39 is 35.9 Å². The van der Waals surface area contributed by atoms with E-state index in [1.165, 1.54) is 25.3 Å². The molecule has 1 aromatic heterocycles. The monoisotopic (exact) mass is 409 g/mol. The number of hydrogen-bond donors (Lipinski definition) is 1. The summed E-state index contributed by atoms with van der Waals surface area (Å²) in [6, 6.07) is 4.51. The minimum absolute atomic E-state index is 0.132. The zero-order valence-electron chi connectivity index (χ0n) is 15.6. The number of benzene rings is 1. The first-order valence-corrected chi connectivity index (χ1v) is 8.86. The Bertz CT molecular complexity index is 951. The van der Waals surface area contributed by atoms with Gasteiger partial charge < -0.3 is 19.2 Å². The molecule has 0 fully saturated rings. The fourth-order valence-corrected chi connectivity index (χ4v) is 2.67. The van der Waals surface area contributed by atoms with Gasteiger partial charge in [0.2, 0.25) is 5.76 Å². The van der Waals surface area contributed by atoms with E-state index in [1.54, 1.807) is 0 Å². The van der Waals surface area contributed by atoms with E-state index in [4.69, 9.17) is 20.8 Å². The molecule has 0 spiro atoms. The van der Waals surface area contributed by atoms with Crippen molar-refractivity contribution in [3.05, 3.63) is 45.3 Å². The summed E-state index contributed by atoms with van der Waals surface area (Å²) in [6.45, 7) is 3.13. The number of fused-ring (bicyclic) bond motifs is 1. The van der Waals surface area contributed by atoms with E-state index in [2.05, 4.69) is 10.1 Å². The van der Waals surface area contributed by atoms with Gasteiger partial charge in [0.1, 0.15) is 11.6 Å². The summed E-state index contributed by atoms with van der Waals surface area (Å²) in [4.78, 5) is 47.9. The average Bonchev–Trinajstić information content (AvgIpc) is 2.64. The number of amides is 1. The predicted molar refractivity (Wildman–Crippen MR) is 101 cm³/mol. The topological polar surface area (TPSA) is 112 Å². The molecular formula is C19H20ClNO7. The van der Waals surface area contributed by atoms with Crippen LogP contribution in [0.1, 0.15) is 30.8 Å². The van der Waals surface area contributed by atoms with Crippen molar-refractivity contribution in [3.8, 4) is 0 Å². The van der Waals surface area contributed by atoms with Gasteiger partial charge in [-0.1, -0.05) is 25.4 Å². The van der Waals surface area contributed by atoms with Crippen molar-refractivity contribution in [2.45, 2.75) is 26.3 Å². The van der Waals surface area contributed by atoms with Crippen LogP contribution in [0.4, 0.5) is 0 Å². The lowest BCUT2D eigenvalue weighted by molar-refractivity contribution is -0.145. The molecule has 9 heteroatoms. The van der Waals surface area contributed by atoms with Gasteiger partial charge in [0.25, 0.3) is 5.91 Å². The standard InChI is InChI=1S/C19H20ClNO7/c1-10(2)6-13(18(24)26-3)21-17(23)9-27-19(25)16-8-14(22)12-7-11(20)4-5-15(12)28-16/h4-5,7-8,10,13H,6,9H2,1-3H3,(H,21,23)/t13-/m1/s1. The summed E-state index contributed by atoms with van der Waals surface area (Å²) in [5, 5.41) is 3.03. The zero-order chi connectivity index (χ0) is 20.8. The van der Waals surface area contributed by atoms with Crippen LogP contribution in [-0.2, 0) is 19.1 Å². The van der Waals surface area contributed by atoms with Crippen LogP contribution in [0.3, 0.4) is 0 Å². The zero-order valence-corrected chi connectivity index (χ0v) is 16.4. The molecule has 2 rings (SSSR count). The van der Waals surface area contributed by atoms with Gasteiger partial charge in [0.15, 0.2) is 12.0 Å². The van der Waals surface area contributed by atoms with Gasteiger partial charge in [-0.25, -0.2) is 9.59 Å². The van der Waals surface area contributed by atoms with Crippen molar-refractivity contribution >= 4 is 40.4 Å². The third kappa shape index (κ3) is 5.56. The van der Waals surface area contributed by atoms with Crippen molar-refractivity contribution in [3.63, 3.8) is 0 Å². The molecule has 1 heterocycles. The molecule has 0 aliphatic rings. The maximum absolute atomic E-state index is 12.1. The molecule has 1 amide bonds. The highest BCUT2D eigenvalue weighted by Crippen LogP contribution is 2.18. The summed E-state index contributed by atoms with van der Waals surface area (Å²) in [7, 11) is 1.22. The van der Waals surface area contributed by atoms with Gasteiger partial charge in [-0.15, -0.1) is 0 Å². The fourth-order valence-electron chi connectivity index (χ4n) is 2.50. The summed E-state index contributed by atoms with van der Waals surface area (Å²) < 4.78 is 14.9. The SMILES string of the molecule is COC(=O)[C@@H](CC(C)C)NC(=O)COC(=O)c1cc(=O)c2cc(Cl)ccc2o1. The van der Waals surface area contributed by atoms with Gasteiger partial charge in [-0.05, 0) is 30.5 Å². The van der Waals surface area contributed by atoms with E-state index in [9.17, 15) is 19.2 Å². The number of methoxy groups -OCH3 is 1.